The number of nitrogens with zero attached hydrogens (tertiary/aromatic N) is 2. The molecular weight excluding hydrogens is 329 g/mol. The third kappa shape index (κ3) is 4.34. The van der Waals surface area contributed by atoms with Gasteiger partial charge < -0.3 is 19.7 Å². The molecule has 0 amide bonds. The average molecular weight is 351 g/mol. The molecule has 0 saturated carbocycles. The molecule has 0 unspecified atom stereocenters. The third-order valence-corrected chi connectivity index (χ3v) is 4.22. The molecule has 1 aliphatic heterocycles. The molecule has 1 aliphatic rings. The number of fused-ring (bicyclic) bond motifs is 1. The van der Waals surface area contributed by atoms with Crippen molar-refractivity contribution in [3.8, 4) is 11.9 Å². The normalized spacial score (nSPS) is 12.8. The first-order chi connectivity index (χ1) is 12.6. The molecule has 1 aromatic carbocycles. The molecular formula is C19H22BN3O3. The first-order valence-corrected chi connectivity index (χ1v) is 8.80. The van der Waals surface area contributed by atoms with E-state index in [0.717, 1.165) is 29.6 Å². The summed E-state index contributed by atoms with van der Waals surface area (Å²) in [7, 11) is -0.849. The van der Waals surface area contributed by atoms with Crippen LogP contribution < -0.4 is 15.5 Å². The van der Waals surface area contributed by atoms with E-state index in [1.165, 1.54) is 0 Å². The van der Waals surface area contributed by atoms with Gasteiger partial charge in [0.1, 0.15) is 17.5 Å². The number of ether oxygens (including phenoxy) is 1. The summed E-state index contributed by atoms with van der Waals surface area (Å²) in [6.07, 6.45) is 2.00. The van der Waals surface area contributed by atoms with E-state index in [4.69, 9.17) is 9.39 Å². The lowest BCUT2D eigenvalue weighted by molar-refractivity contribution is 0.275. The van der Waals surface area contributed by atoms with Crippen molar-refractivity contribution in [1.82, 2.24) is 4.98 Å². The number of hydrogen-bond donors (Lipinski definition) is 2. The second-order valence-corrected chi connectivity index (χ2v) is 6.75. The van der Waals surface area contributed by atoms with E-state index in [2.05, 4.69) is 30.2 Å². The molecule has 7 heteroatoms. The van der Waals surface area contributed by atoms with Crippen LogP contribution in [-0.2, 0) is 11.3 Å². The average Bonchev–Trinajstić information content (AvgIpc) is 2.99. The summed E-state index contributed by atoms with van der Waals surface area (Å²) in [5, 5.41) is 22.1. The summed E-state index contributed by atoms with van der Waals surface area (Å²) in [5.74, 6) is 1.57. The zero-order valence-corrected chi connectivity index (χ0v) is 15.0. The first-order valence-electron chi connectivity index (χ1n) is 8.80. The molecule has 1 aromatic heterocycles. The van der Waals surface area contributed by atoms with Crippen LogP contribution in [0.3, 0.4) is 0 Å². The van der Waals surface area contributed by atoms with Gasteiger partial charge in [0.15, 0.2) is 0 Å². The molecule has 0 aliphatic carbocycles. The van der Waals surface area contributed by atoms with E-state index in [9.17, 15) is 10.3 Å². The van der Waals surface area contributed by atoms with Gasteiger partial charge in [0, 0.05) is 5.69 Å². The van der Waals surface area contributed by atoms with Gasteiger partial charge in [-0.25, -0.2) is 0 Å². The minimum Gasteiger partial charge on any atom is -0.477 e. The Morgan fingerprint density at radius 1 is 1.38 bits per heavy atom. The molecule has 26 heavy (non-hydrogen) atoms. The molecule has 2 aromatic rings. The van der Waals surface area contributed by atoms with E-state index in [0.29, 0.717) is 36.4 Å². The van der Waals surface area contributed by atoms with Crippen LogP contribution in [0, 0.1) is 17.2 Å². The van der Waals surface area contributed by atoms with Crippen LogP contribution in [-0.4, -0.2) is 23.7 Å². The van der Waals surface area contributed by atoms with Crippen molar-refractivity contribution in [2.75, 3.05) is 11.9 Å². The lowest BCUT2D eigenvalue weighted by atomic mass is 9.79. The van der Waals surface area contributed by atoms with Crippen LogP contribution in [0.25, 0.3) is 0 Å². The number of hydrogen-bond acceptors (Lipinski definition) is 6. The molecule has 0 spiro atoms. The Morgan fingerprint density at radius 3 is 3.00 bits per heavy atom. The summed E-state index contributed by atoms with van der Waals surface area (Å²) in [6.45, 7) is 5.27. The Bertz CT molecular complexity index is 820. The van der Waals surface area contributed by atoms with Crippen molar-refractivity contribution < 1.29 is 14.4 Å². The number of aromatic nitrogens is 1. The minimum atomic E-state index is -0.849. The highest BCUT2D eigenvalue weighted by molar-refractivity contribution is 6.61. The predicted molar refractivity (Wildman–Crippen MR) is 101 cm³/mol. The smallest absolute Gasteiger partial charge is 0.477 e. The van der Waals surface area contributed by atoms with E-state index in [-0.39, 0.29) is 0 Å². The van der Waals surface area contributed by atoms with E-state index in [1.807, 2.05) is 18.2 Å². The number of benzene rings is 1. The van der Waals surface area contributed by atoms with Crippen molar-refractivity contribution in [2.45, 2.75) is 33.3 Å². The zero-order chi connectivity index (χ0) is 18.5. The number of nitriles is 1. The first kappa shape index (κ1) is 18.2. The fourth-order valence-electron chi connectivity index (χ4n) is 2.82. The highest BCUT2D eigenvalue weighted by Gasteiger charge is 2.27. The van der Waals surface area contributed by atoms with Gasteiger partial charge in [0.25, 0.3) is 0 Å². The van der Waals surface area contributed by atoms with Crippen molar-refractivity contribution in [3.63, 3.8) is 0 Å². The summed E-state index contributed by atoms with van der Waals surface area (Å²) in [5.41, 5.74) is 2.99. The van der Waals surface area contributed by atoms with Crippen LogP contribution in [0.1, 0.15) is 37.8 Å². The fourth-order valence-corrected chi connectivity index (χ4v) is 2.82. The largest absolute Gasteiger partial charge is 0.491 e. The number of nitrogens with one attached hydrogen (secondary N) is 1. The maximum absolute atomic E-state index is 9.69. The molecule has 6 nitrogen and oxygen atoms in total. The monoisotopic (exact) mass is 351 g/mol. The highest BCUT2D eigenvalue weighted by Crippen LogP contribution is 2.23. The Balaban J connectivity index is 1.70. The quantitative estimate of drug-likeness (QED) is 0.589. The summed E-state index contributed by atoms with van der Waals surface area (Å²) in [6, 6.07) is 11.2. The number of rotatable bonds is 7. The highest BCUT2D eigenvalue weighted by atomic mass is 16.5. The van der Waals surface area contributed by atoms with Gasteiger partial charge in [-0.1, -0.05) is 19.9 Å². The van der Waals surface area contributed by atoms with Crippen LogP contribution in [0.15, 0.2) is 30.3 Å². The van der Waals surface area contributed by atoms with E-state index >= 15 is 0 Å². The topological polar surface area (TPSA) is 87.4 Å². The molecule has 134 valence electrons. The van der Waals surface area contributed by atoms with Crippen LogP contribution in [0.5, 0.6) is 5.88 Å². The van der Waals surface area contributed by atoms with Gasteiger partial charge in [-0.3, -0.25) is 0 Å². The van der Waals surface area contributed by atoms with E-state index < -0.39 is 7.12 Å². The third-order valence-electron chi connectivity index (χ3n) is 4.22. The Morgan fingerprint density at radius 2 is 2.23 bits per heavy atom. The molecule has 0 fully saturated rings. The van der Waals surface area contributed by atoms with Gasteiger partial charge in [0.05, 0.1) is 13.2 Å². The van der Waals surface area contributed by atoms with E-state index in [1.54, 1.807) is 12.1 Å². The van der Waals surface area contributed by atoms with Gasteiger partial charge in [-0.05, 0) is 54.1 Å². The SMILES string of the molecule is CC(C)CCCOc1nc(Nc2ccc3c(c2)COB3O)ccc1C#N. The molecule has 3 rings (SSSR count). The maximum atomic E-state index is 9.69. The van der Waals surface area contributed by atoms with Gasteiger partial charge in [-0.2, -0.15) is 10.2 Å². The van der Waals surface area contributed by atoms with Crippen LogP contribution >= 0.6 is 0 Å². The maximum Gasteiger partial charge on any atom is 0.491 e. The molecule has 2 heterocycles. The molecule has 0 atom stereocenters. The second-order valence-electron chi connectivity index (χ2n) is 6.75. The van der Waals surface area contributed by atoms with Crippen molar-refractivity contribution in [2.24, 2.45) is 5.92 Å². The molecule has 0 radical (unpaired) electrons. The lowest BCUT2D eigenvalue weighted by Crippen LogP contribution is -2.27. The Labute approximate surface area is 153 Å². The van der Waals surface area contributed by atoms with Crippen molar-refractivity contribution in [1.29, 1.82) is 5.26 Å². The summed E-state index contributed by atoms with van der Waals surface area (Å²) < 4.78 is 10.9. The Kier molecular flexibility index (Phi) is 5.76. The van der Waals surface area contributed by atoms with Gasteiger partial charge in [-0.15, -0.1) is 0 Å². The predicted octanol–water partition coefficient (Wildman–Crippen LogP) is 2.73. The van der Waals surface area contributed by atoms with Gasteiger partial charge in [0.2, 0.25) is 5.88 Å². The summed E-state index contributed by atoms with van der Waals surface area (Å²) in [4.78, 5) is 4.43. The summed E-state index contributed by atoms with van der Waals surface area (Å²) >= 11 is 0. The molecule has 0 saturated heterocycles. The molecule has 0 bridgehead atoms. The number of pyridine rings is 1. The Hall–Kier alpha value is -2.56. The van der Waals surface area contributed by atoms with Crippen molar-refractivity contribution >= 4 is 24.1 Å². The molecule has 2 N–H and O–H groups in total. The van der Waals surface area contributed by atoms with Gasteiger partial charge >= 0.3 is 7.12 Å². The fraction of sp³-hybridized carbons (Fsp3) is 0.368. The van der Waals surface area contributed by atoms with Crippen molar-refractivity contribution in [3.05, 3.63) is 41.5 Å². The van der Waals surface area contributed by atoms with Crippen LogP contribution in [0.4, 0.5) is 11.5 Å². The number of anilines is 2. The standard InChI is InChI=1S/C19H22BN3O3/c1-13(2)4-3-9-25-19-14(11-21)5-8-18(23-19)22-16-6-7-17-15(10-16)12-26-20(17)24/h5-8,10,13,24H,3-4,9,12H2,1-2H3,(H,22,23). The van der Waals surface area contributed by atoms with Crippen LogP contribution in [0.2, 0.25) is 0 Å². The minimum absolute atomic E-state index is 0.348. The second kappa shape index (κ2) is 8.22. The lowest BCUT2D eigenvalue weighted by Gasteiger charge is -2.11. The zero-order valence-electron chi connectivity index (χ0n) is 15.0.